The van der Waals surface area contributed by atoms with Gasteiger partial charge in [0, 0.05) is 28.0 Å². The second kappa shape index (κ2) is 5.02. The summed E-state index contributed by atoms with van der Waals surface area (Å²) in [5, 5.41) is 1.53. The SMILES string of the molecule is CCOC(=O)c1c(C)[nH]c2cc(C)c3oc(=O)cc(C)c3c12. The molecule has 0 fully saturated rings. The third-order valence-corrected chi connectivity index (χ3v) is 3.82. The molecule has 0 saturated carbocycles. The average Bonchev–Trinajstić information content (AvgIpc) is 2.74. The summed E-state index contributed by atoms with van der Waals surface area (Å²) in [6.45, 7) is 7.64. The largest absolute Gasteiger partial charge is 0.462 e. The molecule has 5 heteroatoms. The minimum Gasteiger partial charge on any atom is -0.462 e. The van der Waals surface area contributed by atoms with Gasteiger partial charge in [0.1, 0.15) is 5.58 Å². The van der Waals surface area contributed by atoms with Crippen molar-refractivity contribution in [3.05, 3.63) is 44.9 Å². The fourth-order valence-corrected chi connectivity index (χ4v) is 2.96. The lowest BCUT2D eigenvalue weighted by atomic mass is 10.00. The van der Waals surface area contributed by atoms with Gasteiger partial charge in [-0.1, -0.05) is 0 Å². The van der Waals surface area contributed by atoms with Crippen LogP contribution in [0.15, 0.2) is 21.3 Å². The highest BCUT2D eigenvalue weighted by Gasteiger charge is 2.22. The number of hydrogen-bond acceptors (Lipinski definition) is 4. The first-order valence-electron chi connectivity index (χ1n) is 7.17. The number of carbonyl (C=O) groups excluding carboxylic acids is 1. The summed E-state index contributed by atoms with van der Waals surface area (Å²) >= 11 is 0. The zero-order valence-corrected chi connectivity index (χ0v) is 13.0. The molecule has 0 radical (unpaired) electrons. The van der Waals surface area contributed by atoms with E-state index in [4.69, 9.17) is 9.15 Å². The molecule has 2 aromatic heterocycles. The first-order valence-corrected chi connectivity index (χ1v) is 7.17. The van der Waals surface area contributed by atoms with E-state index in [1.807, 2.05) is 26.8 Å². The van der Waals surface area contributed by atoms with Crippen LogP contribution in [0.4, 0.5) is 0 Å². The van der Waals surface area contributed by atoms with Crippen molar-refractivity contribution in [2.24, 2.45) is 0 Å². The zero-order chi connectivity index (χ0) is 16.0. The molecule has 3 rings (SSSR count). The molecule has 0 atom stereocenters. The van der Waals surface area contributed by atoms with Crippen molar-refractivity contribution in [3.63, 3.8) is 0 Å². The van der Waals surface area contributed by atoms with E-state index >= 15 is 0 Å². The topological polar surface area (TPSA) is 72.3 Å². The Kier molecular flexibility index (Phi) is 3.28. The van der Waals surface area contributed by atoms with E-state index in [1.54, 1.807) is 6.92 Å². The summed E-state index contributed by atoms with van der Waals surface area (Å²) in [5.74, 6) is -0.373. The van der Waals surface area contributed by atoms with E-state index in [0.29, 0.717) is 17.8 Å². The molecule has 22 heavy (non-hydrogen) atoms. The number of ether oxygens (including phenoxy) is 1. The molecule has 0 aliphatic heterocycles. The lowest BCUT2D eigenvalue weighted by Crippen LogP contribution is -2.06. The fraction of sp³-hybridized carbons (Fsp3) is 0.294. The Bertz CT molecular complexity index is 962. The number of fused-ring (bicyclic) bond motifs is 3. The Balaban J connectivity index is 2.54. The highest BCUT2D eigenvalue weighted by Crippen LogP contribution is 2.34. The van der Waals surface area contributed by atoms with Crippen molar-refractivity contribution in [2.45, 2.75) is 27.7 Å². The normalized spacial score (nSPS) is 11.3. The molecule has 114 valence electrons. The van der Waals surface area contributed by atoms with Gasteiger partial charge in [0.05, 0.1) is 12.2 Å². The van der Waals surface area contributed by atoms with Crippen LogP contribution in [0.1, 0.15) is 34.1 Å². The first-order chi connectivity index (χ1) is 10.4. The molecule has 2 heterocycles. The number of nitrogens with one attached hydrogen (secondary N) is 1. The maximum Gasteiger partial charge on any atom is 0.340 e. The van der Waals surface area contributed by atoms with Crippen LogP contribution in [0, 0.1) is 20.8 Å². The second-order valence-corrected chi connectivity index (χ2v) is 5.41. The molecule has 3 aromatic rings. The van der Waals surface area contributed by atoms with Gasteiger partial charge in [-0.05, 0) is 44.9 Å². The van der Waals surface area contributed by atoms with Crippen molar-refractivity contribution in [2.75, 3.05) is 6.61 Å². The van der Waals surface area contributed by atoms with Gasteiger partial charge in [0.25, 0.3) is 0 Å². The zero-order valence-electron chi connectivity index (χ0n) is 13.0. The maximum absolute atomic E-state index is 12.3. The van der Waals surface area contributed by atoms with E-state index < -0.39 is 5.63 Å². The van der Waals surface area contributed by atoms with Crippen LogP contribution in [0.5, 0.6) is 0 Å². The third kappa shape index (κ3) is 2.01. The van der Waals surface area contributed by atoms with E-state index in [1.165, 1.54) is 6.07 Å². The van der Waals surface area contributed by atoms with Crippen LogP contribution in [-0.4, -0.2) is 17.6 Å². The summed E-state index contributed by atoms with van der Waals surface area (Å²) in [4.78, 5) is 27.2. The number of aryl methyl sites for hydroxylation is 3. The van der Waals surface area contributed by atoms with Crippen molar-refractivity contribution < 1.29 is 13.9 Å². The first kappa shape index (κ1) is 14.4. The van der Waals surface area contributed by atoms with Crippen molar-refractivity contribution in [1.29, 1.82) is 0 Å². The van der Waals surface area contributed by atoms with E-state index in [2.05, 4.69) is 4.98 Å². The van der Waals surface area contributed by atoms with Gasteiger partial charge in [-0.3, -0.25) is 0 Å². The lowest BCUT2D eigenvalue weighted by Gasteiger charge is -2.07. The Labute approximate surface area is 126 Å². The van der Waals surface area contributed by atoms with Gasteiger partial charge in [-0.2, -0.15) is 0 Å². The monoisotopic (exact) mass is 299 g/mol. The van der Waals surface area contributed by atoms with Gasteiger partial charge in [0.15, 0.2) is 0 Å². The van der Waals surface area contributed by atoms with Crippen LogP contribution in [-0.2, 0) is 4.74 Å². The predicted octanol–water partition coefficient (Wildman–Crippen LogP) is 3.38. The Hall–Kier alpha value is -2.56. The highest BCUT2D eigenvalue weighted by molar-refractivity contribution is 6.17. The minimum atomic E-state index is -0.391. The lowest BCUT2D eigenvalue weighted by molar-refractivity contribution is 0.0528. The molecule has 0 bridgehead atoms. The molecule has 0 aliphatic rings. The van der Waals surface area contributed by atoms with Crippen molar-refractivity contribution >= 4 is 27.8 Å². The molecule has 0 spiro atoms. The number of H-pyrrole nitrogens is 1. The standard InChI is InChI=1S/C17H17NO4/c1-5-21-17(20)14-10(4)18-11-6-9(3)16-13(15(11)14)8(2)7-12(19)22-16/h6-7,18H,5H2,1-4H3. The van der Waals surface area contributed by atoms with Crippen LogP contribution in [0.2, 0.25) is 0 Å². The van der Waals surface area contributed by atoms with Gasteiger partial charge < -0.3 is 14.1 Å². The van der Waals surface area contributed by atoms with Gasteiger partial charge in [0.2, 0.25) is 0 Å². The molecule has 1 aromatic carbocycles. The molecule has 1 N–H and O–H groups in total. The summed E-state index contributed by atoms with van der Waals surface area (Å²) in [6, 6.07) is 3.33. The average molecular weight is 299 g/mol. The fourth-order valence-electron chi connectivity index (χ4n) is 2.96. The highest BCUT2D eigenvalue weighted by atomic mass is 16.5. The molecule has 0 amide bonds. The number of hydrogen-bond donors (Lipinski definition) is 1. The number of benzene rings is 1. The number of carbonyl (C=O) groups is 1. The smallest absolute Gasteiger partial charge is 0.340 e. The van der Waals surface area contributed by atoms with Gasteiger partial charge in [-0.25, -0.2) is 9.59 Å². The molecule has 0 saturated heterocycles. The van der Waals surface area contributed by atoms with Crippen LogP contribution < -0.4 is 5.63 Å². The summed E-state index contributed by atoms with van der Waals surface area (Å²) < 4.78 is 10.5. The Morgan fingerprint density at radius 3 is 2.59 bits per heavy atom. The van der Waals surface area contributed by atoms with E-state index in [9.17, 15) is 9.59 Å². The molecule has 0 aliphatic carbocycles. The van der Waals surface area contributed by atoms with E-state index in [-0.39, 0.29) is 5.97 Å². The van der Waals surface area contributed by atoms with Gasteiger partial charge >= 0.3 is 11.6 Å². The maximum atomic E-state index is 12.3. The Morgan fingerprint density at radius 2 is 1.91 bits per heavy atom. The van der Waals surface area contributed by atoms with Crippen LogP contribution in [0.3, 0.4) is 0 Å². The number of rotatable bonds is 2. The summed E-state index contributed by atoms with van der Waals surface area (Å²) in [5.41, 5.74) is 3.83. The second-order valence-electron chi connectivity index (χ2n) is 5.41. The van der Waals surface area contributed by atoms with Crippen LogP contribution in [0.25, 0.3) is 21.9 Å². The number of esters is 1. The quantitative estimate of drug-likeness (QED) is 0.581. The molecular weight excluding hydrogens is 282 g/mol. The van der Waals surface area contributed by atoms with Gasteiger partial charge in [-0.15, -0.1) is 0 Å². The number of aromatic amines is 1. The third-order valence-electron chi connectivity index (χ3n) is 3.82. The minimum absolute atomic E-state index is 0.308. The molecule has 5 nitrogen and oxygen atoms in total. The number of aromatic nitrogens is 1. The Morgan fingerprint density at radius 1 is 1.18 bits per heavy atom. The predicted molar refractivity (Wildman–Crippen MR) is 84.5 cm³/mol. The van der Waals surface area contributed by atoms with Crippen LogP contribution >= 0.6 is 0 Å². The van der Waals surface area contributed by atoms with Crippen molar-refractivity contribution in [1.82, 2.24) is 4.98 Å². The van der Waals surface area contributed by atoms with Crippen molar-refractivity contribution in [3.8, 4) is 0 Å². The summed E-state index contributed by atoms with van der Waals surface area (Å²) in [6.07, 6.45) is 0. The summed E-state index contributed by atoms with van der Waals surface area (Å²) in [7, 11) is 0. The molecule has 0 unspecified atom stereocenters. The molecular formula is C17H17NO4. The van der Waals surface area contributed by atoms with E-state index in [0.717, 1.165) is 33.1 Å².